The molecular weight excluding hydrogens is 546 g/mol. The van der Waals surface area contributed by atoms with E-state index >= 15 is 0 Å². The van der Waals surface area contributed by atoms with Crippen LogP contribution >= 0.6 is 16.8 Å². The number of hydrogen-bond acceptors (Lipinski definition) is 4. The minimum Gasteiger partial charge on any atom is -0.443 e. The van der Waals surface area contributed by atoms with Crippen LogP contribution < -0.4 is 24.2 Å². The average molecular weight is 571 g/mol. The second-order valence-electron chi connectivity index (χ2n) is 9.90. The molecule has 0 spiro atoms. The van der Waals surface area contributed by atoms with E-state index in [1.165, 1.54) is 0 Å². The molecule has 4 nitrogen and oxygen atoms in total. The Labute approximate surface area is 240 Å². The van der Waals surface area contributed by atoms with Crippen molar-refractivity contribution < 1.29 is 18.1 Å². The minimum absolute atomic E-state index is 0.337. The molecule has 2 atom stereocenters. The van der Waals surface area contributed by atoms with E-state index in [0.29, 0.717) is 6.61 Å². The number of benzene rings is 6. The Hall–Kier alpha value is -4.20. The third kappa shape index (κ3) is 4.46. The van der Waals surface area contributed by atoms with Crippen LogP contribution in [0, 0.1) is 0 Å². The van der Waals surface area contributed by atoms with E-state index in [2.05, 4.69) is 78.9 Å². The molecule has 0 amide bonds. The van der Waals surface area contributed by atoms with Crippen molar-refractivity contribution in [3.63, 3.8) is 0 Å². The van der Waals surface area contributed by atoms with Crippen LogP contribution in [0.2, 0.25) is 0 Å². The second kappa shape index (κ2) is 10.3. The molecule has 2 aliphatic rings. The number of hydrogen-bond donors (Lipinski definition) is 0. The quantitative estimate of drug-likeness (QED) is 0.194. The SMILES string of the molecule is c1ccc2c(c1)OP(OCc1cc3ccccc3cc1OP1Oc3ccccc3-c3ccccc31)c1ccccc1-2. The van der Waals surface area contributed by atoms with Gasteiger partial charge in [-0.2, -0.15) is 0 Å². The fourth-order valence-electron chi connectivity index (χ4n) is 5.38. The van der Waals surface area contributed by atoms with Gasteiger partial charge in [0.05, 0.1) is 17.2 Å². The molecule has 2 unspecified atom stereocenters. The first-order valence-corrected chi connectivity index (χ1v) is 15.8. The van der Waals surface area contributed by atoms with E-state index in [1.807, 2.05) is 54.6 Å². The first-order valence-electron chi connectivity index (χ1n) is 13.5. The van der Waals surface area contributed by atoms with Gasteiger partial charge >= 0.3 is 8.38 Å². The molecule has 0 N–H and O–H groups in total. The number of rotatable bonds is 5. The largest absolute Gasteiger partial charge is 0.443 e. The van der Waals surface area contributed by atoms with E-state index in [0.717, 1.165) is 66.4 Å². The van der Waals surface area contributed by atoms with E-state index < -0.39 is 16.8 Å². The molecule has 6 aromatic carbocycles. The summed E-state index contributed by atoms with van der Waals surface area (Å²) in [7, 11) is -2.74. The normalized spacial score (nSPS) is 16.4. The highest BCUT2D eigenvalue weighted by Crippen LogP contribution is 2.52. The van der Waals surface area contributed by atoms with Gasteiger partial charge in [0, 0.05) is 16.7 Å². The zero-order valence-electron chi connectivity index (χ0n) is 21.9. The summed E-state index contributed by atoms with van der Waals surface area (Å²) in [4.78, 5) is 0. The molecule has 2 aliphatic heterocycles. The fraction of sp³-hybridized carbons (Fsp3) is 0.0286. The van der Waals surface area contributed by atoms with Crippen molar-refractivity contribution in [2.75, 3.05) is 0 Å². The van der Waals surface area contributed by atoms with Crippen molar-refractivity contribution in [1.82, 2.24) is 0 Å². The van der Waals surface area contributed by atoms with Gasteiger partial charge in [-0.25, -0.2) is 0 Å². The average Bonchev–Trinajstić information content (AvgIpc) is 3.04. The van der Waals surface area contributed by atoms with Crippen LogP contribution in [0.1, 0.15) is 5.56 Å². The molecule has 6 heteroatoms. The van der Waals surface area contributed by atoms with Gasteiger partial charge in [0.2, 0.25) is 0 Å². The lowest BCUT2D eigenvalue weighted by Gasteiger charge is -2.29. The van der Waals surface area contributed by atoms with Crippen LogP contribution in [-0.2, 0) is 11.1 Å². The number of para-hydroxylation sites is 2. The van der Waals surface area contributed by atoms with Gasteiger partial charge in [-0.3, -0.25) is 0 Å². The third-order valence-electron chi connectivity index (χ3n) is 7.37. The fourth-order valence-corrected chi connectivity index (χ4v) is 8.38. The van der Waals surface area contributed by atoms with Crippen LogP contribution in [0.5, 0.6) is 17.2 Å². The maximum Gasteiger partial charge on any atom is 0.326 e. The molecule has 0 saturated heterocycles. The summed E-state index contributed by atoms with van der Waals surface area (Å²) in [6, 6.07) is 45.5. The summed E-state index contributed by atoms with van der Waals surface area (Å²) < 4.78 is 26.3. The van der Waals surface area contributed by atoms with Crippen molar-refractivity contribution in [3.8, 4) is 39.5 Å². The first-order chi connectivity index (χ1) is 20.3. The van der Waals surface area contributed by atoms with Gasteiger partial charge in [0.25, 0.3) is 8.38 Å². The molecule has 0 bridgehead atoms. The Morgan fingerprint density at radius 3 is 1.63 bits per heavy atom. The molecule has 41 heavy (non-hydrogen) atoms. The standard InChI is InChI=1S/C35H24O4P2/c1-2-12-25-22-33(39-41-35-20-10-6-16-30(35)28-14-4-8-18-32(28)38-41)26(21-24(25)11-1)23-36-40-34-19-9-5-15-29(34)27-13-3-7-17-31(27)37-40/h1-22H,23H2. The second-order valence-corrected chi connectivity index (χ2v) is 12.7. The van der Waals surface area contributed by atoms with Gasteiger partial charge in [-0.15, -0.1) is 0 Å². The number of fused-ring (bicyclic) bond motifs is 7. The summed E-state index contributed by atoms with van der Waals surface area (Å²) in [5, 5.41) is 4.37. The molecule has 8 rings (SSSR count). The highest BCUT2D eigenvalue weighted by atomic mass is 31.2. The Morgan fingerprint density at radius 1 is 0.488 bits per heavy atom. The Kier molecular flexibility index (Phi) is 6.19. The summed E-state index contributed by atoms with van der Waals surface area (Å²) in [6.07, 6.45) is 0. The van der Waals surface area contributed by atoms with Crippen molar-refractivity contribution >= 4 is 38.1 Å². The summed E-state index contributed by atoms with van der Waals surface area (Å²) >= 11 is 0. The van der Waals surface area contributed by atoms with E-state index in [9.17, 15) is 0 Å². The van der Waals surface area contributed by atoms with E-state index in [-0.39, 0.29) is 0 Å². The van der Waals surface area contributed by atoms with Crippen molar-refractivity contribution in [1.29, 1.82) is 0 Å². The van der Waals surface area contributed by atoms with Crippen LogP contribution in [0.3, 0.4) is 0 Å². The molecule has 198 valence electrons. The zero-order valence-corrected chi connectivity index (χ0v) is 23.7. The van der Waals surface area contributed by atoms with E-state index in [4.69, 9.17) is 18.1 Å². The summed E-state index contributed by atoms with van der Waals surface area (Å²) in [5.74, 6) is 2.44. The molecular formula is C35H24O4P2. The predicted octanol–water partition coefficient (Wildman–Crippen LogP) is 9.13. The molecule has 0 saturated carbocycles. The van der Waals surface area contributed by atoms with Crippen LogP contribution in [-0.4, -0.2) is 0 Å². The Balaban J connectivity index is 1.15. The lowest BCUT2D eigenvalue weighted by Crippen LogP contribution is -2.18. The molecule has 2 heterocycles. The molecule has 0 radical (unpaired) electrons. The van der Waals surface area contributed by atoms with Gasteiger partial charge in [-0.05, 0) is 58.3 Å². The Bertz CT molecular complexity index is 1920. The maximum atomic E-state index is 6.77. The zero-order chi connectivity index (χ0) is 27.2. The Morgan fingerprint density at radius 2 is 0.976 bits per heavy atom. The monoisotopic (exact) mass is 570 g/mol. The van der Waals surface area contributed by atoms with E-state index in [1.54, 1.807) is 0 Å². The lowest BCUT2D eigenvalue weighted by atomic mass is 10.0. The highest BCUT2D eigenvalue weighted by Gasteiger charge is 2.31. The smallest absolute Gasteiger partial charge is 0.326 e. The van der Waals surface area contributed by atoms with Gasteiger partial charge in [0.15, 0.2) is 0 Å². The maximum absolute atomic E-state index is 6.77. The summed E-state index contributed by atoms with van der Waals surface area (Å²) in [6.45, 7) is 0.337. The highest BCUT2D eigenvalue weighted by molar-refractivity contribution is 7.57. The molecule has 0 fully saturated rings. The molecule has 6 aromatic rings. The lowest BCUT2D eigenvalue weighted by molar-refractivity contribution is 0.306. The minimum atomic E-state index is -1.41. The topological polar surface area (TPSA) is 36.9 Å². The van der Waals surface area contributed by atoms with Crippen molar-refractivity contribution in [2.24, 2.45) is 0 Å². The first kappa shape index (κ1) is 24.6. The van der Waals surface area contributed by atoms with Gasteiger partial charge in [-0.1, -0.05) is 97.1 Å². The summed E-state index contributed by atoms with van der Waals surface area (Å²) in [5.41, 5.74) is 5.44. The van der Waals surface area contributed by atoms with Crippen LogP contribution in [0.15, 0.2) is 133 Å². The van der Waals surface area contributed by atoms with Gasteiger partial charge < -0.3 is 18.1 Å². The molecule has 0 aromatic heterocycles. The van der Waals surface area contributed by atoms with Crippen LogP contribution in [0.25, 0.3) is 33.0 Å². The van der Waals surface area contributed by atoms with Crippen LogP contribution in [0.4, 0.5) is 0 Å². The van der Waals surface area contributed by atoms with Crippen molar-refractivity contribution in [2.45, 2.75) is 6.61 Å². The third-order valence-corrected chi connectivity index (χ3v) is 10.4. The van der Waals surface area contributed by atoms with Gasteiger partial charge in [0.1, 0.15) is 17.2 Å². The van der Waals surface area contributed by atoms with Crippen molar-refractivity contribution in [3.05, 3.63) is 139 Å². The predicted molar refractivity (Wildman–Crippen MR) is 167 cm³/mol. The molecule has 0 aliphatic carbocycles.